The van der Waals surface area contributed by atoms with E-state index in [2.05, 4.69) is 17.1 Å². The Hall–Kier alpha value is 0.0700. The monoisotopic (exact) mass is 216 g/mol. The molecule has 0 aromatic carbocycles. The number of likely N-dealkylation sites (N-methyl/N-ethyl adjacent to an activating group) is 1. The molecule has 2 aliphatic heterocycles. The predicted octanol–water partition coefficient (Wildman–Crippen LogP) is 0.191. The van der Waals surface area contributed by atoms with Crippen LogP contribution in [0.4, 0.5) is 0 Å². The van der Waals surface area contributed by atoms with E-state index >= 15 is 0 Å². The van der Waals surface area contributed by atoms with E-state index in [0.717, 1.165) is 24.3 Å². The zero-order chi connectivity index (χ0) is 9.97. The van der Waals surface area contributed by atoms with Crippen LogP contribution >= 0.6 is 0 Å². The van der Waals surface area contributed by atoms with Crippen molar-refractivity contribution in [3.8, 4) is 0 Å². The summed E-state index contributed by atoms with van der Waals surface area (Å²) in [7, 11) is -0.519. The van der Waals surface area contributed by atoms with Crippen LogP contribution in [-0.4, -0.2) is 52.3 Å². The fourth-order valence-corrected chi connectivity index (χ4v) is 3.53. The minimum absolute atomic E-state index is 0.519. The van der Waals surface area contributed by atoms with E-state index in [-0.39, 0.29) is 0 Å². The van der Waals surface area contributed by atoms with Crippen LogP contribution in [0.25, 0.3) is 0 Å². The van der Waals surface area contributed by atoms with Gasteiger partial charge in [-0.05, 0) is 19.4 Å². The SMILES string of the molecule is CCN1CC(NC2CCS(=O)CC2)C1. The molecule has 0 unspecified atom stereocenters. The third-order valence-corrected chi connectivity index (χ3v) is 4.65. The number of hydrogen-bond donors (Lipinski definition) is 1. The van der Waals surface area contributed by atoms with Crippen molar-refractivity contribution in [2.75, 3.05) is 31.1 Å². The van der Waals surface area contributed by atoms with Crippen LogP contribution in [0, 0.1) is 0 Å². The molecule has 0 aromatic heterocycles. The van der Waals surface area contributed by atoms with Gasteiger partial charge in [0, 0.05) is 47.5 Å². The second-order valence-electron chi connectivity index (χ2n) is 4.34. The molecule has 4 heteroatoms. The minimum Gasteiger partial charge on any atom is -0.309 e. The first-order chi connectivity index (χ1) is 6.78. The van der Waals surface area contributed by atoms with E-state index in [9.17, 15) is 4.21 Å². The van der Waals surface area contributed by atoms with Crippen LogP contribution in [0.1, 0.15) is 19.8 Å². The first-order valence-corrected chi connectivity index (χ1v) is 7.10. The summed E-state index contributed by atoms with van der Waals surface area (Å²) in [4.78, 5) is 2.44. The van der Waals surface area contributed by atoms with Gasteiger partial charge in [0.2, 0.25) is 0 Å². The van der Waals surface area contributed by atoms with E-state index in [1.54, 1.807) is 0 Å². The van der Waals surface area contributed by atoms with Crippen molar-refractivity contribution in [3.05, 3.63) is 0 Å². The van der Waals surface area contributed by atoms with Gasteiger partial charge < -0.3 is 10.2 Å². The molecule has 3 nitrogen and oxygen atoms in total. The number of nitrogens with one attached hydrogen (secondary N) is 1. The highest BCUT2D eigenvalue weighted by molar-refractivity contribution is 7.85. The van der Waals surface area contributed by atoms with E-state index in [1.165, 1.54) is 19.6 Å². The smallest absolute Gasteiger partial charge is 0.0325 e. The van der Waals surface area contributed by atoms with E-state index in [1.807, 2.05) is 0 Å². The molecular formula is C10H20N2OS. The van der Waals surface area contributed by atoms with Crippen molar-refractivity contribution in [2.24, 2.45) is 0 Å². The number of hydrogen-bond acceptors (Lipinski definition) is 3. The normalized spacial score (nSPS) is 35.5. The Morgan fingerprint density at radius 3 is 2.50 bits per heavy atom. The molecule has 14 heavy (non-hydrogen) atoms. The Balaban J connectivity index is 1.64. The first kappa shape index (κ1) is 10.6. The molecule has 2 fully saturated rings. The van der Waals surface area contributed by atoms with Gasteiger partial charge in [-0.3, -0.25) is 4.21 Å². The third kappa shape index (κ3) is 2.55. The molecule has 0 bridgehead atoms. The quantitative estimate of drug-likeness (QED) is 0.731. The van der Waals surface area contributed by atoms with Crippen molar-refractivity contribution >= 4 is 10.8 Å². The Morgan fingerprint density at radius 1 is 1.29 bits per heavy atom. The highest BCUT2D eigenvalue weighted by atomic mass is 32.2. The molecule has 0 atom stereocenters. The van der Waals surface area contributed by atoms with Crippen LogP contribution in [0.15, 0.2) is 0 Å². The van der Waals surface area contributed by atoms with Gasteiger partial charge in [0.15, 0.2) is 0 Å². The molecular weight excluding hydrogens is 196 g/mol. The van der Waals surface area contributed by atoms with Crippen molar-refractivity contribution in [3.63, 3.8) is 0 Å². The molecule has 1 N–H and O–H groups in total. The first-order valence-electron chi connectivity index (χ1n) is 5.61. The van der Waals surface area contributed by atoms with Gasteiger partial charge in [-0.2, -0.15) is 0 Å². The average molecular weight is 216 g/mol. The van der Waals surface area contributed by atoms with Crippen LogP contribution in [0.2, 0.25) is 0 Å². The third-order valence-electron chi connectivity index (χ3n) is 3.26. The largest absolute Gasteiger partial charge is 0.309 e. The maximum atomic E-state index is 11.2. The van der Waals surface area contributed by atoms with Crippen molar-refractivity contribution < 1.29 is 4.21 Å². The van der Waals surface area contributed by atoms with Crippen LogP contribution < -0.4 is 5.32 Å². The van der Waals surface area contributed by atoms with Crippen LogP contribution in [-0.2, 0) is 10.8 Å². The van der Waals surface area contributed by atoms with E-state index < -0.39 is 10.8 Å². The maximum Gasteiger partial charge on any atom is 0.0325 e. The summed E-state index contributed by atoms with van der Waals surface area (Å²) in [5, 5.41) is 3.66. The number of rotatable bonds is 3. The highest BCUT2D eigenvalue weighted by Gasteiger charge is 2.28. The molecule has 2 aliphatic rings. The fraction of sp³-hybridized carbons (Fsp3) is 1.00. The molecule has 0 aliphatic carbocycles. The lowest BCUT2D eigenvalue weighted by Gasteiger charge is -2.41. The molecule has 0 radical (unpaired) electrons. The maximum absolute atomic E-state index is 11.2. The van der Waals surface area contributed by atoms with E-state index in [0.29, 0.717) is 12.1 Å². The second kappa shape index (κ2) is 4.73. The van der Waals surface area contributed by atoms with Crippen LogP contribution in [0.3, 0.4) is 0 Å². The van der Waals surface area contributed by atoms with Gasteiger partial charge >= 0.3 is 0 Å². The predicted molar refractivity (Wildman–Crippen MR) is 59.9 cm³/mol. The summed E-state index contributed by atoms with van der Waals surface area (Å²) in [5.41, 5.74) is 0. The van der Waals surface area contributed by atoms with Crippen LogP contribution in [0.5, 0.6) is 0 Å². The lowest BCUT2D eigenvalue weighted by molar-refractivity contribution is 0.123. The molecule has 2 heterocycles. The van der Waals surface area contributed by atoms with Gasteiger partial charge in [0.1, 0.15) is 0 Å². The summed E-state index contributed by atoms with van der Waals surface area (Å²) >= 11 is 0. The standard InChI is InChI=1S/C10H20N2OS/c1-2-12-7-10(8-12)11-9-3-5-14(13)6-4-9/h9-11H,2-8H2,1H3. The van der Waals surface area contributed by atoms with Crippen molar-refractivity contribution in [2.45, 2.75) is 31.8 Å². The topological polar surface area (TPSA) is 32.3 Å². The summed E-state index contributed by atoms with van der Waals surface area (Å²) in [6.45, 7) is 5.79. The average Bonchev–Trinajstić information content (AvgIpc) is 2.13. The van der Waals surface area contributed by atoms with Crippen molar-refractivity contribution in [1.29, 1.82) is 0 Å². The Labute approximate surface area is 88.7 Å². The molecule has 0 spiro atoms. The summed E-state index contributed by atoms with van der Waals surface area (Å²) in [6, 6.07) is 1.34. The van der Waals surface area contributed by atoms with Gasteiger partial charge in [0.05, 0.1) is 0 Å². The summed E-state index contributed by atoms with van der Waals surface area (Å²) < 4.78 is 11.2. The highest BCUT2D eigenvalue weighted by Crippen LogP contribution is 2.13. The molecule has 2 rings (SSSR count). The molecule has 0 amide bonds. The van der Waals surface area contributed by atoms with Gasteiger partial charge in [-0.15, -0.1) is 0 Å². The number of likely N-dealkylation sites (tertiary alicyclic amines) is 1. The lowest BCUT2D eigenvalue weighted by Crippen LogP contribution is -2.60. The molecule has 82 valence electrons. The van der Waals surface area contributed by atoms with E-state index in [4.69, 9.17) is 0 Å². The van der Waals surface area contributed by atoms with Gasteiger partial charge in [0.25, 0.3) is 0 Å². The van der Waals surface area contributed by atoms with Gasteiger partial charge in [-0.25, -0.2) is 0 Å². The fourth-order valence-electron chi connectivity index (χ4n) is 2.23. The molecule has 0 aromatic rings. The zero-order valence-corrected chi connectivity index (χ0v) is 9.68. The Morgan fingerprint density at radius 2 is 1.93 bits per heavy atom. The minimum atomic E-state index is -0.519. The van der Waals surface area contributed by atoms with Crippen molar-refractivity contribution in [1.82, 2.24) is 10.2 Å². The van der Waals surface area contributed by atoms with Gasteiger partial charge in [-0.1, -0.05) is 6.92 Å². The zero-order valence-electron chi connectivity index (χ0n) is 8.87. The Kier molecular flexibility index (Phi) is 3.57. The summed E-state index contributed by atoms with van der Waals surface area (Å²) in [6.07, 6.45) is 2.21. The number of nitrogens with zero attached hydrogens (tertiary/aromatic N) is 1. The Bertz CT molecular complexity index is 206. The molecule has 2 saturated heterocycles. The second-order valence-corrected chi connectivity index (χ2v) is 6.03. The summed E-state index contributed by atoms with van der Waals surface area (Å²) in [5.74, 6) is 1.81. The molecule has 0 saturated carbocycles. The lowest BCUT2D eigenvalue weighted by atomic mass is 10.1.